The molecule has 0 amide bonds. The number of hydrogen-bond acceptors (Lipinski definition) is 3. The predicted octanol–water partition coefficient (Wildman–Crippen LogP) is 3.41. The van der Waals surface area contributed by atoms with Crippen molar-refractivity contribution in [3.8, 4) is 5.75 Å². The summed E-state index contributed by atoms with van der Waals surface area (Å²) in [4.78, 5) is 0. The maximum atomic E-state index is 5.71. The fourth-order valence-electron chi connectivity index (χ4n) is 2.27. The van der Waals surface area contributed by atoms with Crippen molar-refractivity contribution in [2.75, 3.05) is 14.2 Å². The number of rotatable bonds is 5. The molecule has 0 saturated heterocycles. The van der Waals surface area contributed by atoms with Gasteiger partial charge in [0.1, 0.15) is 17.3 Å². The molecule has 19 heavy (non-hydrogen) atoms. The van der Waals surface area contributed by atoms with Crippen molar-refractivity contribution in [1.82, 2.24) is 5.32 Å². The zero-order valence-corrected chi connectivity index (χ0v) is 12.0. The first-order chi connectivity index (χ1) is 9.13. The molecule has 102 valence electrons. The lowest BCUT2D eigenvalue weighted by Gasteiger charge is -2.16. The van der Waals surface area contributed by atoms with Crippen molar-refractivity contribution in [2.45, 2.75) is 26.3 Å². The van der Waals surface area contributed by atoms with E-state index in [9.17, 15) is 0 Å². The van der Waals surface area contributed by atoms with Gasteiger partial charge < -0.3 is 14.5 Å². The molecule has 1 aromatic carbocycles. The Morgan fingerprint density at radius 3 is 2.58 bits per heavy atom. The van der Waals surface area contributed by atoms with Crippen molar-refractivity contribution in [3.63, 3.8) is 0 Å². The Hall–Kier alpha value is -1.74. The summed E-state index contributed by atoms with van der Waals surface area (Å²) < 4.78 is 11.1. The maximum absolute atomic E-state index is 5.71. The highest BCUT2D eigenvalue weighted by Gasteiger charge is 2.16. The van der Waals surface area contributed by atoms with Gasteiger partial charge in [0, 0.05) is 0 Å². The molecule has 1 heterocycles. The van der Waals surface area contributed by atoms with Crippen molar-refractivity contribution in [3.05, 3.63) is 53.0 Å². The summed E-state index contributed by atoms with van der Waals surface area (Å²) in [6.07, 6.45) is 0.842. The number of ether oxygens (including phenoxy) is 1. The van der Waals surface area contributed by atoms with E-state index in [0.29, 0.717) is 0 Å². The molecule has 2 aromatic rings. The van der Waals surface area contributed by atoms with Crippen molar-refractivity contribution in [2.24, 2.45) is 0 Å². The Morgan fingerprint density at radius 2 is 2.00 bits per heavy atom. The molecule has 0 aliphatic rings. The van der Waals surface area contributed by atoms with Gasteiger partial charge in [-0.05, 0) is 51.1 Å². The van der Waals surface area contributed by atoms with Gasteiger partial charge in [0.2, 0.25) is 0 Å². The highest BCUT2D eigenvalue weighted by molar-refractivity contribution is 5.38. The highest BCUT2D eigenvalue weighted by atomic mass is 16.5. The van der Waals surface area contributed by atoms with Crippen LogP contribution in [-0.4, -0.2) is 14.2 Å². The maximum Gasteiger partial charge on any atom is 0.122 e. The Labute approximate surface area is 114 Å². The van der Waals surface area contributed by atoms with Crippen LogP contribution >= 0.6 is 0 Å². The topological polar surface area (TPSA) is 34.4 Å². The average molecular weight is 259 g/mol. The molecular formula is C16H21NO2. The Balaban J connectivity index is 2.25. The molecule has 1 unspecified atom stereocenters. The second-order valence-corrected chi connectivity index (χ2v) is 4.81. The van der Waals surface area contributed by atoms with Crippen LogP contribution in [0.15, 0.2) is 34.7 Å². The van der Waals surface area contributed by atoms with Crippen LogP contribution in [0.5, 0.6) is 5.75 Å². The predicted molar refractivity (Wildman–Crippen MR) is 76.7 cm³/mol. The average Bonchev–Trinajstić information content (AvgIpc) is 2.82. The number of likely N-dealkylation sites (N-methyl/N-ethyl adjacent to an activating group) is 1. The first-order valence-electron chi connectivity index (χ1n) is 6.51. The lowest BCUT2D eigenvalue weighted by Crippen LogP contribution is -2.18. The van der Waals surface area contributed by atoms with Gasteiger partial charge >= 0.3 is 0 Å². The first kappa shape index (κ1) is 13.7. The molecule has 0 saturated carbocycles. The third-order valence-electron chi connectivity index (χ3n) is 3.31. The molecule has 0 radical (unpaired) electrons. The monoisotopic (exact) mass is 259 g/mol. The standard InChI is InChI=1S/C16H21NO2/c1-11-5-7-15(18-4)13(9-11)10-14(17-3)16-8-6-12(2)19-16/h5-9,14,17H,10H2,1-4H3. The van der Waals surface area contributed by atoms with E-state index in [-0.39, 0.29) is 6.04 Å². The van der Waals surface area contributed by atoms with Gasteiger partial charge in [-0.3, -0.25) is 0 Å². The summed E-state index contributed by atoms with van der Waals surface area (Å²) in [7, 11) is 3.66. The molecule has 0 aliphatic heterocycles. The second kappa shape index (κ2) is 5.93. The Bertz CT molecular complexity index is 545. The molecule has 0 bridgehead atoms. The summed E-state index contributed by atoms with van der Waals surface area (Å²) >= 11 is 0. The van der Waals surface area contributed by atoms with E-state index < -0.39 is 0 Å². The van der Waals surface area contributed by atoms with Crippen LogP contribution < -0.4 is 10.1 Å². The van der Waals surface area contributed by atoms with E-state index in [4.69, 9.17) is 9.15 Å². The minimum absolute atomic E-state index is 0.157. The number of hydrogen-bond donors (Lipinski definition) is 1. The van der Waals surface area contributed by atoms with E-state index in [0.717, 1.165) is 23.7 Å². The van der Waals surface area contributed by atoms with Crippen LogP contribution in [0.2, 0.25) is 0 Å². The Morgan fingerprint density at radius 1 is 1.21 bits per heavy atom. The SMILES string of the molecule is CNC(Cc1cc(C)ccc1OC)c1ccc(C)o1. The quantitative estimate of drug-likeness (QED) is 0.893. The van der Waals surface area contributed by atoms with Crippen LogP contribution in [0.25, 0.3) is 0 Å². The van der Waals surface area contributed by atoms with E-state index in [2.05, 4.69) is 24.4 Å². The van der Waals surface area contributed by atoms with Gasteiger partial charge in [-0.1, -0.05) is 17.7 Å². The molecule has 2 rings (SSSR count). The normalized spacial score (nSPS) is 12.4. The molecule has 0 spiro atoms. The third kappa shape index (κ3) is 3.18. The number of nitrogens with one attached hydrogen (secondary N) is 1. The van der Waals surface area contributed by atoms with E-state index >= 15 is 0 Å². The van der Waals surface area contributed by atoms with Crippen LogP contribution in [0.4, 0.5) is 0 Å². The highest BCUT2D eigenvalue weighted by Crippen LogP contribution is 2.26. The summed E-state index contributed by atoms with van der Waals surface area (Å²) in [5.74, 6) is 2.82. The molecule has 1 atom stereocenters. The number of methoxy groups -OCH3 is 1. The van der Waals surface area contributed by atoms with Crippen LogP contribution in [0, 0.1) is 13.8 Å². The molecule has 0 fully saturated rings. The van der Waals surface area contributed by atoms with E-state index in [1.807, 2.05) is 32.2 Å². The first-order valence-corrected chi connectivity index (χ1v) is 6.51. The molecular weight excluding hydrogens is 238 g/mol. The largest absolute Gasteiger partial charge is 0.496 e. The fraction of sp³-hybridized carbons (Fsp3) is 0.375. The number of furan rings is 1. The van der Waals surface area contributed by atoms with Crippen LogP contribution in [0.3, 0.4) is 0 Å². The summed E-state index contributed by atoms with van der Waals surface area (Å²) in [6, 6.07) is 10.4. The lowest BCUT2D eigenvalue weighted by atomic mass is 10.0. The van der Waals surface area contributed by atoms with Crippen LogP contribution in [0.1, 0.15) is 28.7 Å². The van der Waals surface area contributed by atoms with Gasteiger partial charge in [0.25, 0.3) is 0 Å². The zero-order valence-electron chi connectivity index (χ0n) is 12.0. The van der Waals surface area contributed by atoms with Crippen molar-refractivity contribution < 1.29 is 9.15 Å². The third-order valence-corrected chi connectivity index (χ3v) is 3.31. The van der Waals surface area contributed by atoms with Crippen molar-refractivity contribution >= 4 is 0 Å². The minimum atomic E-state index is 0.157. The zero-order chi connectivity index (χ0) is 13.8. The van der Waals surface area contributed by atoms with Crippen molar-refractivity contribution in [1.29, 1.82) is 0 Å². The molecule has 1 N–H and O–H groups in total. The fourth-order valence-corrected chi connectivity index (χ4v) is 2.27. The van der Waals surface area contributed by atoms with Crippen LogP contribution in [-0.2, 0) is 6.42 Å². The smallest absolute Gasteiger partial charge is 0.122 e. The second-order valence-electron chi connectivity index (χ2n) is 4.81. The van der Waals surface area contributed by atoms with E-state index in [1.54, 1.807) is 7.11 Å². The Kier molecular flexibility index (Phi) is 4.27. The lowest BCUT2D eigenvalue weighted by molar-refractivity contribution is 0.393. The molecule has 0 aliphatic carbocycles. The summed E-state index contributed by atoms with van der Waals surface area (Å²) in [6.45, 7) is 4.05. The number of benzene rings is 1. The van der Waals surface area contributed by atoms with Gasteiger partial charge in [-0.2, -0.15) is 0 Å². The summed E-state index contributed by atoms with van der Waals surface area (Å²) in [5.41, 5.74) is 2.43. The summed E-state index contributed by atoms with van der Waals surface area (Å²) in [5, 5.41) is 3.30. The molecule has 3 nitrogen and oxygen atoms in total. The number of aryl methyl sites for hydroxylation is 2. The van der Waals surface area contributed by atoms with Gasteiger partial charge in [0.05, 0.1) is 13.2 Å². The van der Waals surface area contributed by atoms with E-state index in [1.165, 1.54) is 11.1 Å². The van der Waals surface area contributed by atoms with Gasteiger partial charge in [-0.25, -0.2) is 0 Å². The molecule has 1 aromatic heterocycles. The molecule has 3 heteroatoms. The van der Waals surface area contributed by atoms with Gasteiger partial charge in [0.15, 0.2) is 0 Å². The minimum Gasteiger partial charge on any atom is -0.496 e. The van der Waals surface area contributed by atoms with Gasteiger partial charge in [-0.15, -0.1) is 0 Å².